The molecule has 1 aliphatic heterocycles. The molecule has 19 heavy (non-hydrogen) atoms. The lowest BCUT2D eigenvalue weighted by molar-refractivity contribution is 0.0628. The minimum atomic E-state index is 0.330. The lowest BCUT2D eigenvalue weighted by Crippen LogP contribution is -2.54. The molecule has 0 bridgehead atoms. The molecule has 4 nitrogen and oxygen atoms in total. The SMILES string of the molecule is CN(C)CCCNCCN1CCN(C(C)(C)C)CC1. The summed E-state index contributed by atoms with van der Waals surface area (Å²) in [5.74, 6) is 0. The average Bonchev–Trinajstić information content (AvgIpc) is 2.32. The Morgan fingerprint density at radius 1 is 1.00 bits per heavy atom. The first kappa shape index (κ1) is 16.9. The first-order chi connectivity index (χ1) is 8.89. The predicted molar refractivity (Wildman–Crippen MR) is 83.8 cm³/mol. The molecule has 0 amide bonds. The fourth-order valence-electron chi connectivity index (χ4n) is 2.52. The van der Waals surface area contributed by atoms with E-state index in [9.17, 15) is 0 Å². The van der Waals surface area contributed by atoms with Gasteiger partial charge in [-0.2, -0.15) is 0 Å². The summed E-state index contributed by atoms with van der Waals surface area (Å²) in [6, 6.07) is 0. The molecule has 0 radical (unpaired) electrons. The van der Waals surface area contributed by atoms with Crippen LogP contribution in [0.5, 0.6) is 0 Å². The van der Waals surface area contributed by atoms with E-state index in [2.05, 4.69) is 54.9 Å². The first-order valence-electron chi connectivity index (χ1n) is 7.72. The van der Waals surface area contributed by atoms with E-state index in [1.165, 1.54) is 45.7 Å². The summed E-state index contributed by atoms with van der Waals surface area (Å²) in [5, 5.41) is 3.55. The number of hydrogen-bond acceptors (Lipinski definition) is 4. The van der Waals surface area contributed by atoms with E-state index in [0.717, 1.165) is 13.1 Å². The van der Waals surface area contributed by atoms with Crippen LogP contribution in [0.15, 0.2) is 0 Å². The standard InChI is InChI=1S/C15H34N4/c1-15(2,3)19-13-11-18(12-14-19)10-8-16-7-6-9-17(4)5/h16H,6-14H2,1-5H3. The molecular formula is C15H34N4. The number of nitrogens with one attached hydrogen (secondary N) is 1. The highest BCUT2D eigenvalue weighted by Gasteiger charge is 2.25. The van der Waals surface area contributed by atoms with E-state index in [1.54, 1.807) is 0 Å². The maximum Gasteiger partial charge on any atom is 0.0126 e. The highest BCUT2D eigenvalue weighted by Crippen LogP contribution is 2.15. The van der Waals surface area contributed by atoms with E-state index in [-0.39, 0.29) is 0 Å². The average molecular weight is 270 g/mol. The van der Waals surface area contributed by atoms with Crippen LogP contribution in [0.25, 0.3) is 0 Å². The summed E-state index contributed by atoms with van der Waals surface area (Å²) in [7, 11) is 4.27. The minimum Gasteiger partial charge on any atom is -0.315 e. The quantitative estimate of drug-likeness (QED) is 0.695. The monoisotopic (exact) mass is 270 g/mol. The second kappa shape index (κ2) is 8.20. The molecule has 0 spiro atoms. The Bertz CT molecular complexity index is 227. The molecule has 1 aliphatic rings. The van der Waals surface area contributed by atoms with E-state index < -0.39 is 0 Å². The first-order valence-corrected chi connectivity index (χ1v) is 7.72. The summed E-state index contributed by atoms with van der Waals surface area (Å²) >= 11 is 0. The van der Waals surface area contributed by atoms with Crippen molar-refractivity contribution in [1.82, 2.24) is 20.0 Å². The van der Waals surface area contributed by atoms with Crippen LogP contribution in [-0.4, -0.2) is 86.7 Å². The number of hydrogen-bond donors (Lipinski definition) is 1. The van der Waals surface area contributed by atoms with Crippen molar-refractivity contribution in [2.75, 3.05) is 66.5 Å². The summed E-state index contributed by atoms with van der Waals surface area (Å²) in [4.78, 5) is 7.42. The topological polar surface area (TPSA) is 21.8 Å². The minimum absolute atomic E-state index is 0.330. The number of piperazine rings is 1. The molecule has 1 fully saturated rings. The zero-order valence-corrected chi connectivity index (χ0v) is 13.7. The molecule has 1 saturated heterocycles. The fraction of sp³-hybridized carbons (Fsp3) is 1.00. The Kier molecular flexibility index (Phi) is 7.29. The third-order valence-electron chi connectivity index (χ3n) is 3.88. The summed E-state index contributed by atoms with van der Waals surface area (Å²) in [5.41, 5.74) is 0.330. The van der Waals surface area contributed by atoms with Gasteiger partial charge in [-0.25, -0.2) is 0 Å². The maximum absolute atomic E-state index is 3.55. The lowest BCUT2D eigenvalue weighted by atomic mass is 10.1. The highest BCUT2D eigenvalue weighted by molar-refractivity contribution is 4.81. The van der Waals surface area contributed by atoms with Gasteiger partial charge in [-0.05, 0) is 54.4 Å². The zero-order chi connectivity index (χ0) is 14.3. The van der Waals surface area contributed by atoms with Gasteiger partial charge in [0.05, 0.1) is 0 Å². The van der Waals surface area contributed by atoms with Crippen LogP contribution in [0, 0.1) is 0 Å². The highest BCUT2D eigenvalue weighted by atomic mass is 15.3. The molecule has 1 rings (SSSR count). The van der Waals surface area contributed by atoms with Gasteiger partial charge in [0, 0.05) is 44.8 Å². The number of rotatable bonds is 7. The van der Waals surface area contributed by atoms with Gasteiger partial charge in [-0.3, -0.25) is 9.80 Å². The molecular weight excluding hydrogens is 236 g/mol. The van der Waals surface area contributed by atoms with Gasteiger partial charge in [0.2, 0.25) is 0 Å². The molecule has 1 N–H and O–H groups in total. The molecule has 0 aliphatic carbocycles. The molecule has 1 heterocycles. The van der Waals surface area contributed by atoms with Crippen molar-refractivity contribution in [3.8, 4) is 0 Å². The van der Waals surface area contributed by atoms with Crippen LogP contribution in [0.4, 0.5) is 0 Å². The van der Waals surface area contributed by atoms with Crippen molar-refractivity contribution in [1.29, 1.82) is 0 Å². The third kappa shape index (κ3) is 7.25. The van der Waals surface area contributed by atoms with Crippen LogP contribution in [0.2, 0.25) is 0 Å². The number of nitrogens with zero attached hydrogens (tertiary/aromatic N) is 3. The predicted octanol–water partition coefficient (Wildman–Crippen LogP) is 0.944. The molecule has 4 heteroatoms. The van der Waals surface area contributed by atoms with Crippen molar-refractivity contribution >= 4 is 0 Å². The van der Waals surface area contributed by atoms with E-state index in [4.69, 9.17) is 0 Å². The lowest BCUT2D eigenvalue weighted by Gasteiger charge is -2.42. The maximum atomic E-state index is 3.55. The second-order valence-electron chi connectivity index (χ2n) is 6.91. The largest absolute Gasteiger partial charge is 0.315 e. The van der Waals surface area contributed by atoms with Crippen molar-refractivity contribution in [3.63, 3.8) is 0 Å². The van der Waals surface area contributed by atoms with Crippen LogP contribution in [-0.2, 0) is 0 Å². The molecule has 0 aromatic rings. The smallest absolute Gasteiger partial charge is 0.0126 e. The van der Waals surface area contributed by atoms with Gasteiger partial charge in [0.1, 0.15) is 0 Å². The summed E-state index contributed by atoms with van der Waals surface area (Å²) < 4.78 is 0. The van der Waals surface area contributed by atoms with Crippen molar-refractivity contribution in [2.24, 2.45) is 0 Å². The normalized spacial score (nSPS) is 19.3. The molecule has 0 unspecified atom stereocenters. The van der Waals surface area contributed by atoms with Gasteiger partial charge in [-0.15, -0.1) is 0 Å². The molecule has 0 atom stereocenters. The van der Waals surface area contributed by atoms with Crippen molar-refractivity contribution in [2.45, 2.75) is 32.7 Å². The third-order valence-corrected chi connectivity index (χ3v) is 3.88. The van der Waals surface area contributed by atoms with Gasteiger partial charge >= 0.3 is 0 Å². The molecule has 0 saturated carbocycles. The Balaban J connectivity index is 2.01. The second-order valence-corrected chi connectivity index (χ2v) is 6.91. The van der Waals surface area contributed by atoms with E-state index >= 15 is 0 Å². The Morgan fingerprint density at radius 2 is 1.63 bits per heavy atom. The van der Waals surface area contributed by atoms with Gasteiger partial charge < -0.3 is 10.2 Å². The van der Waals surface area contributed by atoms with Crippen LogP contribution >= 0.6 is 0 Å². The molecule has 0 aromatic heterocycles. The van der Waals surface area contributed by atoms with Crippen LogP contribution < -0.4 is 5.32 Å². The fourth-order valence-corrected chi connectivity index (χ4v) is 2.52. The van der Waals surface area contributed by atoms with Crippen LogP contribution in [0.1, 0.15) is 27.2 Å². The van der Waals surface area contributed by atoms with Crippen molar-refractivity contribution < 1.29 is 0 Å². The summed E-state index contributed by atoms with van der Waals surface area (Å²) in [6.07, 6.45) is 1.24. The van der Waals surface area contributed by atoms with Gasteiger partial charge in [0.25, 0.3) is 0 Å². The van der Waals surface area contributed by atoms with Crippen LogP contribution in [0.3, 0.4) is 0 Å². The Labute approximate surface area is 120 Å². The zero-order valence-electron chi connectivity index (χ0n) is 13.7. The van der Waals surface area contributed by atoms with E-state index in [1.807, 2.05) is 0 Å². The molecule has 0 aromatic carbocycles. The Morgan fingerprint density at radius 3 is 2.16 bits per heavy atom. The Hall–Kier alpha value is -0.160. The summed E-state index contributed by atoms with van der Waals surface area (Å²) in [6.45, 7) is 16.4. The van der Waals surface area contributed by atoms with Gasteiger partial charge in [-0.1, -0.05) is 0 Å². The van der Waals surface area contributed by atoms with E-state index in [0.29, 0.717) is 5.54 Å². The molecule has 114 valence electrons. The van der Waals surface area contributed by atoms with Gasteiger partial charge in [0.15, 0.2) is 0 Å². The van der Waals surface area contributed by atoms with Crippen molar-refractivity contribution in [3.05, 3.63) is 0 Å².